The molecule has 1 aromatic heterocycles. The van der Waals surface area contributed by atoms with Crippen molar-refractivity contribution in [2.24, 2.45) is 0 Å². The van der Waals surface area contributed by atoms with Gasteiger partial charge in [-0.15, -0.1) is 0 Å². The highest BCUT2D eigenvalue weighted by Crippen LogP contribution is 2.33. The number of carbonyl (C=O) groups excluding carboxylic acids is 1. The van der Waals surface area contributed by atoms with E-state index in [1.54, 1.807) is 35.9 Å². The number of amides is 1. The summed E-state index contributed by atoms with van der Waals surface area (Å²) in [5.74, 6) is 1.26. The van der Waals surface area contributed by atoms with Gasteiger partial charge >= 0.3 is 0 Å². The van der Waals surface area contributed by atoms with Crippen LogP contribution in [0.15, 0.2) is 70.6 Å². The summed E-state index contributed by atoms with van der Waals surface area (Å²) >= 11 is 7.29. The number of ether oxygens (including phenoxy) is 3. The lowest BCUT2D eigenvalue weighted by Gasteiger charge is -2.19. The van der Waals surface area contributed by atoms with E-state index in [2.05, 4.69) is 5.32 Å². The number of aryl methyl sites for hydroxylation is 1. The molecule has 0 aliphatic carbocycles. The summed E-state index contributed by atoms with van der Waals surface area (Å²) in [5.41, 5.74) is 1.84. The highest BCUT2D eigenvalue weighted by Gasteiger charge is 2.24. The minimum atomic E-state index is -0.513. The standard InChI is InChI=1S/C29H30ClN3O5S/c1-5-26(27(34)31-21-8-6-7-9-23(21)36-2)39-29-32-22-17-25(38-4)24(37-3)16-20(22)28(35)33(29)15-14-18-10-12-19(30)13-11-18/h6-13,16-17,26H,5,14-15H2,1-4H3,(H,31,34). The SMILES string of the molecule is CCC(Sc1nc2cc(OC)c(OC)cc2c(=O)n1CCc1ccc(Cl)cc1)C(=O)Nc1ccccc1OC. The molecule has 4 rings (SSSR count). The zero-order chi connectivity index (χ0) is 27.9. The van der Waals surface area contributed by atoms with Gasteiger partial charge < -0.3 is 19.5 Å². The molecule has 1 amide bonds. The first-order chi connectivity index (χ1) is 18.9. The average molecular weight is 568 g/mol. The fourth-order valence-electron chi connectivity index (χ4n) is 4.12. The van der Waals surface area contributed by atoms with Crippen LogP contribution in [0, 0.1) is 0 Å². The normalized spacial score (nSPS) is 11.7. The highest BCUT2D eigenvalue weighted by molar-refractivity contribution is 8.00. The predicted octanol–water partition coefficient (Wildman–Crippen LogP) is 5.83. The lowest BCUT2D eigenvalue weighted by molar-refractivity contribution is -0.115. The fourth-order valence-corrected chi connectivity index (χ4v) is 5.28. The molecule has 4 aromatic rings. The zero-order valence-corrected chi connectivity index (χ0v) is 23.8. The number of fused-ring (bicyclic) bond motifs is 1. The largest absolute Gasteiger partial charge is 0.495 e. The number of methoxy groups -OCH3 is 3. The second-order valence-corrected chi connectivity index (χ2v) is 10.3. The minimum Gasteiger partial charge on any atom is -0.495 e. The van der Waals surface area contributed by atoms with E-state index in [-0.39, 0.29) is 11.5 Å². The highest BCUT2D eigenvalue weighted by atomic mass is 35.5. The molecular weight excluding hydrogens is 538 g/mol. The van der Waals surface area contributed by atoms with E-state index in [9.17, 15) is 9.59 Å². The minimum absolute atomic E-state index is 0.210. The molecule has 39 heavy (non-hydrogen) atoms. The van der Waals surface area contributed by atoms with Crippen LogP contribution in [-0.4, -0.2) is 42.0 Å². The van der Waals surface area contributed by atoms with Gasteiger partial charge in [0.2, 0.25) is 5.91 Å². The van der Waals surface area contributed by atoms with Crippen molar-refractivity contribution in [2.45, 2.75) is 36.7 Å². The Morgan fingerprint density at radius 3 is 2.33 bits per heavy atom. The van der Waals surface area contributed by atoms with E-state index < -0.39 is 5.25 Å². The molecule has 0 saturated carbocycles. The van der Waals surface area contributed by atoms with E-state index in [0.29, 0.717) is 63.4 Å². The number of hydrogen-bond donors (Lipinski definition) is 1. The summed E-state index contributed by atoms with van der Waals surface area (Å²) in [5, 5.41) is 3.93. The van der Waals surface area contributed by atoms with Crippen molar-refractivity contribution < 1.29 is 19.0 Å². The lowest BCUT2D eigenvalue weighted by atomic mass is 10.1. The number of hydrogen-bond acceptors (Lipinski definition) is 7. The van der Waals surface area contributed by atoms with Gasteiger partial charge in [0.05, 0.1) is 43.2 Å². The van der Waals surface area contributed by atoms with Crippen molar-refractivity contribution >= 4 is 45.9 Å². The number of para-hydroxylation sites is 2. The number of nitrogens with zero attached hydrogens (tertiary/aromatic N) is 2. The van der Waals surface area contributed by atoms with Crippen molar-refractivity contribution in [3.05, 3.63) is 81.6 Å². The van der Waals surface area contributed by atoms with Gasteiger partial charge in [-0.1, -0.05) is 54.6 Å². The Hall–Kier alpha value is -3.69. The topological polar surface area (TPSA) is 91.7 Å². The molecule has 1 N–H and O–H groups in total. The summed E-state index contributed by atoms with van der Waals surface area (Å²) < 4.78 is 17.8. The Morgan fingerprint density at radius 2 is 1.67 bits per heavy atom. The maximum Gasteiger partial charge on any atom is 0.262 e. The van der Waals surface area contributed by atoms with Gasteiger partial charge in [0.25, 0.3) is 5.56 Å². The van der Waals surface area contributed by atoms with Gasteiger partial charge in [0, 0.05) is 17.6 Å². The first-order valence-corrected chi connectivity index (χ1v) is 13.7. The van der Waals surface area contributed by atoms with Gasteiger partial charge in [-0.3, -0.25) is 14.2 Å². The van der Waals surface area contributed by atoms with Crippen LogP contribution in [0.2, 0.25) is 5.02 Å². The maximum absolute atomic E-state index is 13.8. The molecule has 0 aliphatic rings. The Labute approximate surface area is 236 Å². The molecule has 204 valence electrons. The Kier molecular flexibility index (Phi) is 9.37. The lowest BCUT2D eigenvalue weighted by Crippen LogP contribution is -2.29. The molecule has 0 aliphatic heterocycles. The van der Waals surface area contributed by atoms with E-state index in [1.165, 1.54) is 26.0 Å². The van der Waals surface area contributed by atoms with Gasteiger partial charge in [-0.2, -0.15) is 0 Å². The third kappa shape index (κ3) is 6.49. The molecule has 1 atom stereocenters. The van der Waals surface area contributed by atoms with E-state index >= 15 is 0 Å². The fraction of sp³-hybridized carbons (Fsp3) is 0.276. The van der Waals surface area contributed by atoms with Crippen LogP contribution in [0.25, 0.3) is 10.9 Å². The molecule has 8 nitrogen and oxygen atoms in total. The number of aromatic nitrogens is 2. The summed E-state index contributed by atoms with van der Waals surface area (Å²) in [6.07, 6.45) is 1.10. The van der Waals surface area contributed by atoms with Crippen LogP contribution in [0.3, 0.4) is 0 Å². The summed E-state index contributed by atoms with van der Waals surface area (Å²) in [6, 6.07) is 18.0. The maximum atomic E-state index is 13.8. The Balaban J connectivity index is 1.73. The predicted molar refractivity (Wildman–Crippen MR) is 156 cm³/mol. The molecule has 3 aromatic carbocycles. The quantitative estimate of drug-likeness (QED) is 0.180. The van der Waals surface area contributed by atoms with Crippen LogP contribution in [0.1, 0.15) is 18.9 Å². The summed E-state index contributed by atoms with van der Waals surface area (Å²) in [4.78, 5) is 31.9. The van der Waals surface area contributed by atoms with Crippen molar-refractivity contribution in [1.82, 2.24) is 9.55 Å². The first-order valence-electron chi connectivity index (χ1n) is 12.4. The van der Waals surface area contributed by atoms with Crippen molar-refractivity contribution in [1.29, 1.82) is 0 Å². The van der Waals surface area contributed by atoms with Crippen LogP contribution in [-0.2, 0) is 17.8 Å². The first kappa shape index (κ1) is 28.3. The molecule has 1 heterocycles. The van der Waals surface area contributed by atoms with Crippen LogP contribution in [0.5, 0.6) is 17.2 Å². The number of halogens is 1. The smallest absolute Gasteiger partial charge is 0.262 e. The van der Waals surface area contributed by atoms with Crippen molar-refractivity contribution in [2.75, 3.05) is 26.6 Å². The second-order valence-electron chi connectivity index (χ2n) is 8.66. The van der Waals surface area contributed by atoms with Crippen molar-refractivity contribution in [3.8, 4) is 17.2 Å². The number of benzene rings is 3. The number of thioether (sulfide) groups is 1. The van der Waals surface area contributed by atoms with Crippen LogP contribution in [0.4, 0.5) is 5.69 Å². The van der Waals surface area contributed by atoms with Crippen molar-refractivity contribution in [3.63, 3.8) is 0 Å². The molecular formula is C29H30ClN3O5S. The van der Waals surface area contributed by atoms with E-state index in [1.807, 2.05) is 43.3 Å². The van der Waals surface area contributed by atoms with Crippen LogP contribution < -0.4 is 25.1 Å². The van der Waals surface area contributed by atoms with Crippen LogP contribution >= 0.6 is 23.4 Å². The molecule has 0 saturated heterocycles. The summed E-state index contributed by atoms with van der Waals surface area (Å²) in [7, 11) is 4.60. The number of carbonyl (C=O) groups is 1. The Morgan fingerprint density at radius 1 is 1.00 bits per heavy atom. The van der Waals surface area contributed by atoms with Gasteiger partial charge in [-0.05, 0) is 48.7 Å². The molecule has 10 heteroatoms. The average Bonchev–Trinajstić information content (AvgIpc) is 2.96. The summed E-state index contributed by atoms with van der Waals surface area (Å²) in [6.45, 7) is 2.29. The molecule has 0 bridgehead atoms. The van der Waals surface area contributed by atoms with E-state index in [0.717, 1.165) is 5.56 Å². The third-order valence-electron chi connectivity index (χ3n) is 6.24. The van der Waals surface area contributed by atoms with Gasteiger partial charge in [-0.25, -0.2) is 4.98 Å². The molecule has 1 unspecified atom stereocenters. The number of rotatable bonds is 11. The zero-order valence-electron chi connectivity index (χ0n) is 22.2. The molecule has 0 fully saturated rings. The second kappa shape index (κ2) is 12.9. The Bertz CT molecular complexity index is 1520. The molecule has 0 radical (unpaired) electrons. The van der Waals surface area contributed by atoms with Gasteiger partial charge in [0.1, 0.15) is 5.75 Å². The third-order valence-corrected chi connectivity index (χ3v) is 7.84. The molecule has 0 spiro atoms. The number of anilines is 1. The number of nitrogens with one attached hydrogen (secondary N) is 1. The van der Waals surface area contributed by atoms with Gasteiger partial charge in [0.15, 0.2) is 16.7 Å². The van der Waals surface area contributed by atoms with E-state index in [4.69, 9.17) is 30.8 Å². The monoisotopic (exact) mass is 567 g/mol.